The van der Waals surface area contributed by atoms with Gasteiger partial charge in [-0.15, -0.1) is 0 Å². The Hall–Kier alpha value is -1.24. The highest BCUT2D eigenvalue weighted by molar-refractivity contribution is 5.67. The van der Waals surface area contributed by atoms with E-state index >= 15 is 0 Å². The molecule has 0 saturated heterocycles. The van der Waals surface area contributed by atoms with Crippen LogP contribution in [0.5, 0.6) is 5.75 Å². The highest BCUT2D eigenvalue weighted by atomic mass is 16.5. The van der Waals surface area contributed by atoms with Crippen molar-refractivity contribution >= 4 is 5.57 Å². The average Bonchev–Trinajstić information content (AvgIpc) is 2.19. The van der Waals surface area contributed by atoms with Gasteiger partial charge < -0.3 is 4.74 Å². The van der Waals surface area contributed by atoms with E-state index in [1.165, 1.54) is 11.1 Å². The van der Waals surface area contributed by atoms with Gasteiger partial charge >= 0.3 is 0 Å². The summed E-state index contributed by atoms with van der Waals surface area (Å²) >= 11 is 0. The summed E-state index contributed by atoms with van der Waals surface area (Å²) in [5.41, 5.74) is 2.62. The smallest absolute Gasteiger partial charge is 0.119 e. The molecule has 76 valence electrons. The third-order valence-electron chi connectivity index (χ3n) is 2.34. The first kappa shape index (κ1) is 10.8. The minimum atomic E-state index is 0.548. The zero-order valence-corrected chi connectivity index (χ0v) is 9.37. The van der Waals surface area contributed by atoms with Crippen LogP contribution in [0.1, 0.15) is 26.3 Å². The minimum absolute atomic E-state index is 0.548. The monoisotopic (exact) mass is 190 g/mol. The Morgan fingerprint density at radius 2 is 2.07 bits per heavy atom. The van der Waals surface area contributed by atoms with Crippen LogP contribution in [0.25, 0.3) is 5.57 Å². The van der Waals surface area contributed by atoms with Gasteiger partial charge in [-0.2, -0.15) is 0 Å². The van der Waals surface area contributed by atoms with Gasteiger partial charge in [0.1, 0.15) is 5.75 Å². The maximum atomic E-state index is 5.20. The molecule has 0 unspecified atom stereocenters. The summed E-state index contributed by atoms with van der Waals surface area (Å²) in [6.45, 7) is 6.48. The van der Waals surface area contributed by atoms with E-state index in [0.29, 0.717) is 5.92 Å². The van der Waals surface area contributed by atoms with Crippen molar-refractivity contribution in [3.8, 4) is 5.75 Å². The van der Waals surface area contributed by atoms with Crippen LogP contribution < -0.4 is 4.74 Å². The number of methoxy groups -OCH3 is 1. The van der Waals surface area contributed by atoms with Gasteiger partial charge in [0.2, 0.25) is 0 Å². The molecule has 1 aromatic rings. The quantitative estimate of drug-likeness (QED) is 0.705. The van der Waals surface area contributed by atoms with Gasteiger partial charge in [0.25, 0.3) is 0 Å². The van der Waals surface area contributed by atoms with Crippen LogP contribution in [-0.4, -0.2) is 7.11 Å². The SMILES string of the molecule is CC=C(c1cccc(OC)c1)C(C)C. The molecule has 0 N–H and O–H groups in total. The van der Waals surface area contributed by atoms with E-state index in [-0.39, 0.29) is 0 Å². The van der Waals surface area contributed by atoms with Crippen LogP contribution in [-0.2, 0) is 0 Å². The van der Waals surface area contributed by atoms with Gasteiger partial charge in [-0.05, 0) is 36.1 Å². The van der Waals surface area contributed by atoms with Crippen LogP contribution in [0, 0.1) is 5.92 Å². The van der Waals surface area contributed by atoms with Crippen molar-refractivity contribution in [2.24, 2.45) is 5.92 Å². The van der Waals surface area contributed by atoms with Crippen molar-refractivity contribution in [1.29, 1.82) is 0 Å². The first-order valence-electron chi connectivity index (χ1n) is 4.99. The first-order valence-corrected chi connectivity index (χ1v) is 4.99. The van der Waals surface area contributed by atoms with E-state index in [0.717, 1.165) is 5.75 Å². The van der Waals surface area contributed by atoms with Crippen molar-refractivity contribution in [2.45, 2.75) is 20.8 Å². The summed E-state index contributed by atoms with van der Waals surface area (Å²) in [7, 11) is 1.70. The van der Waals surface area contributed by atoms with E-state index in [1.54, 1.807) is 7.11 Å². The molecule has 0 heterocycles. The highest BCUT2D eigenvalue weighted by Gasteiger charge is 2.05. The summed E-state index contributed by atoms with van der Waals surface area (Å²) in [6, 6.07) is 8.20. The molecule has 0 saturated carbocycles. The average molecular weight is 190 g/mol. The van der Waals surface area contributed by atoms with Crippen LogP contribution in [0.3, 0.4) is 0 Å². The van der Waals surface area contributed by atoms with Crippen molar-refractivity contribution < 1.29 is 4.74 Å². The number of hydrogen-bond donors (Lipinski definition) is 0. The summed E-state index contributed by atoms with van der Waals surface area (Å²) < 4.78 is 5.20. The van der Waals surface area contributed by atoms with Crippen LogP contribution in [0.15, 0.2) is 30.3 Å². The molecule has 1 heteroatoms. The fraction of sp³-hybridized carbons (Fsp3) is 0.385. The number of ether oxygens (including phenoxy) is 1. The van der Waals surface area contributed by atoms with E-state index < -0.39 is 0 Å². The third-order valence-corrected chi connectivity index (χ3v) is 2.34. The van der Waals surface area contributed by atoms with Gasteiger partial charge in [0.15, 0.2) is 0 Å². The lowest BCUT2D eigenvalue weighted by Crippen LogP contribution is -1.94. The van der Waals surface area contributed by atoms with Gasteiger partial charge in [-0.1, -0.05) is 32.1 Å². The largest absolute Gasteiger partial charge is 0.497 e. The van der Waals surface area contributed by atoms with Crippen molar-refractivity contribution in [3.63, 3.8) is 0 Å². The topological polar surface area (TPSA) is 9.23 Å². The summed E-state index contributed by atoms with van der Waals surface area (Å²) in [5.74, 6) is 1.47. The van der Waals surface area contributed by atoms with Crippen molar-refractivity contribution in [2.75, 3.05) is 7.11 Å². The first-order chi connectivity index (χ1) is 6.69. The van der Waals surface area contributed by atoms with Gasteiger partial charge in [0, 0.05) is 0 Å². The predicted octanol–water partition coefficient (Wildman–Crippen LogP) is 3.75. The van der Waals surface area contributed by atoms with Crippen molar-refractivity contribution in [3.05, 3.63) is 35.9 Å². The number of benzene rings is 1. The Labute approximate surface area is 86.4 Å². The van der Waals surface area contributed by atoms with Gasteiger partial charge in [0.05, 0.1) is 7.11 Å². The molecule has 1 rings (SSSR count). The second-order valence-corrected chi connectivity index (χ2v) is 3.63. The molecule has 0 aliphatic rings. The molecule has 0 radical (unpaired) electrons. The number of rotatable bonds is 3. The molecule has 1 aromatic carbocycles. The Morgan fingerprint density at radius 3 is 2.57 bits per heavy atom. The molecule has 0 amide bonds. The molecule has 0 fully saturated rings. The van der Waals surface area contributed by atoms with Gasteiger partial charge in [-0.3, -0.25) is 0 Å². The minimum Gasteiger partial charge on any atom is -0.497 e. The summed E-state index contributed by atoms with van der Waals surface area (Å²) in [6.07, 6.45) is 2.17. The molecular weight excluding hydrogens is 172 g/mol. The van der Waals surface area contributed by atoms with E-state index in [1.807, 2.05) is 12.1 Å². The number of hydrogen-bond acceptors (Lipinski definition) is 1. The van der Waals surface area contributed by atoms with Crippen LogP contribution >= 0.6 is 0 Å². The Balaban J connectivity index is 3.05. The molecule has 0 aliphatic carbocycles. The fourth-order valence-corrected chi connectivity index (χ4v) is 1.64. The van der Waals surface area contributed by atoms with E-state index in [2.05, 4.69) is 39.0 Å². The zero-order valence-electron chi connectivity index (χ0n) is 9.37. The van der Waals surface area contributed by atoms with Gasteiger partial charge in [-0.25, -0.2) is 0 Å². The lowest BCUT2D eigenvalue weighted by atomic mass is 9.95. The highest BCUT2D eigenvalue weighted by Crippen LogP contribution is 2.25. The molecular formula is C13H18O. The second-order valence-electron chi connectivity index (χ2n) is 3.63. The standard InChI is InChI=1S/C13H18O/c1-5-13(10(2)3)11-7-6-8-12(9-11)14-4/h5-10H,1-4H3. The zero-order chi connectivity index (χ0) is 10.6. The normalized spacial score (nSPS) is 11.9. The number of allylic oxidation sites excluding steroid dienone is 2. The van der Waals surface area contributed by atoms with E-state index in [9.17, 15) is 0 Å². The third kappa shape index (κ3) is 2.38. The van der Waals surface area contributed by atoms with Crippen LogP contribution in [0.2, 0.25) is 0 Å². The molecule has 0 spiro atoms. The Morgan fingerprint density at radius 1 is 1.36 bits per heavy atom. The molecule has 14 heavy (non-hydrogen) atoms. The molecule has 0 aromatic heterocycles. The predicted molar refractivity (Wildman–Crippen MR) is 61.5 cm³/mol. The van der Waals surface area contributed by atoms with Crippen molar-refractivity contribution in [1.82, 2.24) is 0 Å². The molecule has 0 bridgehead atoms. The maximum absolute atomic E-state index is 5.20. The fourth-order valence-electron chi connectivity index (χ4n) is 1.64. The molecule has 0 aliphatic heterocycles. The summed E-state index contributed by atoms with van der Waals surface area (Å²) in [4.78, 5) is 0. The Bertz CT molecular complexity index is 324. The lowest BCUT2D eigenvalue weighted by Gasteiger charge is -2.12. The summed E-state index contributed by atoms with van der Waals surface area (Å²) in [5, 5.41) is 0. The maximum Gasteiger partial charge on any atom is 0.119 e. The second kappa shape index (κ2) is 4.85. The van der Waals surface area contributed by atoms with E-state index in [4.69, 9.17) is 4.74 Å². The molecule has 1 nitrogen and oxygen atoms in total. The lowest BCUT2D eigenvalue weighted by molar-refractivity contribution is 0.414. The Kier molecular flexibility index (Phi) is 3.75. The molecule has 0 atom stereocenters. The van der Waals surface area contributed by atoms with Crippen LogP contribution in [0.4, 0.5) is 0 Å².